The van der Waals surface area contributed by atoms with Crippen molar-refractivity contribution in [3.63, 3.8) is 0 Å². The second-order valence-electron chi connectivity index (χ2n) is 10.9. The number of ether oxygens (including phenoxy) is 1. The Morgan fingerprint density at radius 1 is 1.07 bits per heavy atom. The third kappa shape index (κ3) is 6.51. The molecule has 2 heterocycles. The number of aliphatic hydroxyl groups is 2. The van der Waals surface area contributed by atoms with Gasteiger partial charge in [-0.3, -0.25) is 14.5 Å². The van der Waals surface area contributed by atoms with Crippen molar-refractivity contribution in [3.05, 3.63) is 99.3 Å². The van der Waals surface area contributed by atoms with Crippen molar-refractivity contribution in [2.75, 3.05) is 13.2 Å². The van der Waals surface area contributed by atoms with Gasteiger partial charge in [0, 0.05) is 10.8 Å². The zero-order valence-corrected chi connectivity index (χ0v) is 24.5. The molecule has 7 nitrogen and oxygen atoms in total. The molecule has 2 aromatic carbocycles. The number of para-hydroxylation sites is 1. The van der Waals surface area contributed by atoms with Crippen LogP contribution in [0.1, 0.15) is 43.0 Å². The van der Waals surface area contributed by atoms with Crippen LogP contribution >= 0.6 is 11.3 Å². The highest BCUT2D eigenvalue weighted by molar-refractivity contribution is 7.09. The van der Waals surface area contributed by atoms with E-state index < -0.39 is 23.9 Å². The lowest BCUT2D eigenvalue weighted by atomic mass is 9.68. The Hall–Kier alpha value is -3.72. The van der Waals surface area contributed by atoms with Gasteiger partial charge in [0.05, 0.1) is 31.1 Å². The summed E-state index contributed by atoms with van der Waals surface area (Å²) in [5, 5.41) is 33.8. The Labute approximate surface area is 250 Å². The summed E-state index contributed by atoms with van der Waals surface area (Å²) in [5.41, 5.74) is 3.48. The maximum atomic E-state index is 13.7. The highest BCUT2D eigenvalue weighted by Crippen LogP contribution is 2.47. The van der Waals surface area contributed by atoms with Gasteiger partial charge in [-0.05, 0) is 78.1 Å². The van der Waals surface area contributed by atoms with Gasteiger partial charge in [-0.2, -0.15) is 0 Å². The molecule has 1 saturated heterocycles. The fourth-order valence-electron chi connectivity index (χ4n) is 6.19. The van der Waals surface area contributed by atoms with Crippen molar-refractivity contribution in [2.45, 2.75) is 45.3 Å². The molecule has 1 fully saturated rings. The number of hydrogen-bond donors (Lipinski definition) is 3. The number of benzene rings is 2. The average Bonchev–Trinajstić information content (AvgIpc) is 3.61. The van der Waals surface area contributed by atoms with Crippen molar-refractivity contribution in [1.82, 2.24) is 4.90 Å². The molecule has 0 saturated carbocycles. The number of hydrogen-bond acceptors (Lipinski definition) is 7. The number of carbonyl (C=O) groups excluding carboxylic acids is 2. The largest absolute Gasteiger partial charge is 0.508 e. The lowest BCUT2D eigenvalue weighted by Crippen LogP contribution is -2.40. The molecule has 1 aromatic heterocycles. The first-order chi connectivity index (χ1) is 20.4. The smallest absolute Gasteiger partial charge is 0.234 e. The van der Waals surface area contributed by atoms with E-state index in [4.69, 9.17) is 4.74 Å². The predicted octanol–water partition coefficient (Wildman–Crippen LogP) is 5.58. The fraction of sp³-hybridized carbons (Fsp3) is 0.353. The van der Waals surface area contributed by atoms with Gasteiger partial charge in [-0.25, -0.2) is 0 Å². The van der Waals surface area contributed by atoms with Crippen molar-refractivity contribution in [1.29, 1.82) is 0 Å². The molecule has 0 radical (unpaired) electrons. The Morgan fingerprint density at radius 2 is 1.83 bits per heavy atom. The summed E-state index contributed by atoms with van der Waals surface area (Å²) in [4.78, 5) is 29.5. The standard InChI is InChI=1S/C34H37NO6S/c1-2-22(17-23-10-13-25(37)14-11-23)12-15-30(38)31-24(21-41-26-7-4-3-5-8-26)18-28-32(29(31)20-36)34(40)35(33(28)39)19-27-9-6-16-42-27/h3-11,13-14,16-17,28-30,32,36-38H,2,12,15,18-21H2,1H3/b22-17+/t28-,29+,30-,32-/m1/s1. The molecule has 1 aliphatic heterocycles. The van der Waals surface area contributed by atoms with Crippen LogP contribution in [0.2, 0.25) is 0 Å². The molecule has 0 unspecified atom stereocenters. The first-order valence-electron chi connectivity index (χ1n) is 14.4. The van der Waals surface area contributed by atoms with Gasteiger partial charge in [0.15, 0.2) is 0 Å². The van der Waals surface area contributed by atoms with E-state index in [1.165, 1.54) is 16.2 Å². The predicted molar refractivity (Wildman–Crippen MR) is 163 cm³/mol. The number of likely N-dealkylation sites (tertiary alicyclic amines) is 1. The average molecular weight is 588 g/mol. The van der Waals surface area contributed by atoms with Crippen LogP contribution < -0.4 is 4.74 Å². The Balaban J connectivity index is 1.41. The van der Waals surface area contributed by atoms with E-state index in [1.807, 2.05) is 60.0 Å². The number of phenols is 1. The summed E-state index contributed by atoms with van der Waals surface area (Å²) in [6.45, 7) is 2.09. The molecule has 2 aliphatic rings. The molecule has 5 rings (SSSR count). The van der Waals surface area contributed by atoms with Crippen molar-refractivity contribution < 1.29 is 29.6 Å². The molecule has 2 amide bonds. The number of nitrogens with zero attached hydrogens (tertiary/aromatic N) is 1. The molecule has 8 heteroatoms. The monoisotopic (exact) mass is 587 g/mol. The zero-order chi connectivity index (χ0) is 29.6. The van der Waals surface area contributed by atoms with Crippen LogP contribution in [0.3, 0.4) is 0 Å². The molecular weight excluding hydrogens is 550 g/mol. The van der Waals surface area contributed by atoms with E-state index in [9.17, 15) is 24.9 Å². The number of aliphatic hydroxyl groups excluding tert-OH is 2. The topological polar surface area (TPSA) is 107 Å². The normalized spacial score (nSPS) is 21.5. The summed E-state index contributed by atoms with van der Waals surface area (Å²) in [6, 6.07) is 20.1. The van der Waals surface area contributed by atoms with E-state index in [0.717, 1.165) is 28.0 Å². The number of amides is 2. The van der Waals surface area contributed by atoms with Gasteiger partial charge < -0.3 is 20.1 Å². The first kappa shape index (κ1) is 29.8. The SMILES string of the molecule is CC/C(=C\c1ccc(O)cc1)CC[C@@H](O)C1=C(COc2ccccc2)C[C@H]2C(=O)N(Cc3cccs3)C(=O)[C@H]2[C@H]1CO. The fourth-order valence-corrected chi connectivity index (χ4v) is 6.89. The van der Waals surface area contributed by atoms with E-state index >= 15 is 0 Å². The highest BCUT2D eigenvalue weighted by Gasteiger charge is 2.54. The molecule has 42 heavy (non-hydrogen) atoms. The summed E-state index contributed by atoms with van der Waals surface area (Å²) >= 11 is 1.49. The maximum Gasteiger partial charge on any atom is 0.234 e. The quantitative estimate of drug-likeness (QED) is 0.189. The van der Waals surface area contributed by atoms with Gasteiger partial charge in [0.25, 0.3) is 0 Å². The zero-order valence-electron chi connectivity index (χ0n) is 23.7. The van der Waals surface area contributed by atoms with Crippen LogP contribution in [0.4, 0.5) is 0 Å². The van der Waals surface area contributed by atoms with E-state index in [1.54, 1.807) is 12.1 Å². The van der Waals surface area contributed by atoms with Gasteiger partial charge in [0.1, 0.15) is 18.1 Å². The van der Waals surface area contributed by atoms with Crippen LogP contribution in [0.25, 0.3) is 6.08 Å². The third-order valence-electron chi connectivity index (χ3n) is 8.34. The van der Waals surface area contributed by atoms with Crippen LogP contribution in [0.5, 0.6) is 11.5 Å². The number of phenolic OH excluding ortho intramolecular Hbond substituents is 1. The van der Waals surface area contributed by atoms with Crippen LogP contribution in [0, 0.1) is 17.8 Å². The Kier molecular flexibility index (Phi) is 9.57. The highest BCUT2D eigenvalue weighted by atomic mass is 32.1. The number of thiophene rings is 1. The van der Waals surface area contributed by atoms with Crippen LogP contribution in [0.15, 0.2) is 88.8 Å². The second-order valence-corrected chi connectivity index (χ2v) is 12.0. The van der Waals surface area contributed by atoms with Gasteiger partial charge in [-0.15, -0.1) is 11.3 Å². The number of rotatable bonds is 12. The van der Waals surface area contributed by atoms with E-state index in [-0.39, 0.29) is 37.3 Å². The minimum Gasteiger partial charge on any atom is -0.508 e. The number of carbonyl (C=O) groups is 2. The van der Waals surface area contributed by atoms with Gasteiger partial charge in [-0.1, -0.05) is 55.0 Å². The summed E-state index contributed by atoms with van der Waals surface area (Å²) < 4.78 is 6.09. The molecule has 3 aromatic rings. The summed E-state index contributed by atoms with van der Waals surface area (Å²) in [7, 11) is 0. The number of fused-ring (bicyclic) bond motifs is 1. The second kappa shape index (κ2) is 13.5. The van der Waals surface area contributed by atoms with Crippen molar-refractivity contribution in [2.24, 2.45) is 17.8 Å². The summed E-state index contributed by atoms with van der Waals surface area (Å²) in [5.74, 6) is -1.63. The first-order valence-corrected chi connectivity index (χ1v) is 15.3. The van der Waals surface area contributed by atoms with E-state index in [2.05, 4.69) is 13.0 Å². The molecule has 0 bridgehead atoms. The minimum absolute atomic E-state index is 0.159. The number of allylic oxidation sites excluding steroid dienone is 1. The van der Waals surface area contributed by atoms with E-state index in [0.29, 0.717) is 30.6 Å². The minimum atomic E-state index is -0.915. The molecule has 3 N–H and O–H groups in total. The molecule has 4 atom stereocenters. The van der Waals surface area contributed by atoms with Crippen LogP contribution in [-0.4, -0.2) is 51.4 Å². The molecule has 220 valence electrons. The Bertz CT molecular complexity index is 1430. The molecular formula is C34H37NO6S. The lowest BCUT2D eigenvalue weighted by molar-refractivity contribution is -0.140. The van der Waals surface area contributed by atoms with Gasteiger partial charge in [0.2, 0.25) is 11.8 Å². The van der Waals surface area contributed by atoms with Crippen molar-refractivity contribution >= 4 is 29.2 Å². The van der Waals surface area contributed by atoms with Crippen LogP contribution in [-0.2, 0) is 16.1 Å². The lowest BCUT2D eigenvalue weighted by Gasteiger charge is -2.36. The maximum absolute atomic E-state index is 13.7. The van der Waals surface area contributed by atoms with Gasteiger partial charge >= 0.3 is 0 Å². The Morgan fingerprint density at radius 3 is 2.50 bits per heavy atom. The van der Waals surface area contributed by atoms with Crippen molar-refractivity contribution in [3.8, 4) is 11.5 Å². The number of aromatic hydroxyl groups is 1. The molecule has 0 spiro atoms. The molecule has 1 aliphatic carbocycles. The number of imide groups is 1. The third-order valence-corrected chi connectivity index (χ3v) is 9.20. The summed E-state index contributed by atoms with van der Waals surface area (Å²) in [6.07, 6.45) is 3.24.